The van der Waals surface area contributed by atoms with Gasteiger partial charge in [-0.3, -0.25) is 0 Å². The fourth-order valence-corrected chi connectivity index (χ4v) is 2.45. The van der Waals surface area contributed by atoms with E-state index < -0.39 is 0 Å². The van der Waals surface area contributed by atoms with Gasteiger partial charge < -0.3 is 5.32 Å². The molecule has 1 fully saturated rings. The van der Waals surface area contributed by atoms with Gasteiger partial charge in [-0.15, -0.1) is 11.6 Å². The first-order chi connectivity index (χ1) is 7.75. The topological polar surface area (TPSA) is 12.0 Å². The summed E-state index contributed by atoms with van der Waals surface area (Å²) in [4.78, 5) is 0. The first-order valence-electron chi connectivity index (χ1n) is 6.02. The smallest absolute Gasteiger partial charge is 0.0426 e. The highest BCUT2D eigenvalue weighted by Gasteiger charge is 2.31. The first-order valence-corrected chi connectivity index (χ1v) is 6.56. The van der Waals surface area contributed by atoms with Crippen molar-refractivity contribution in [3.05, 3.63) is 36.5 Å². The molecule has 0 aromatic heterocycles. The van der Waals surface area contributed by atoms with Crippen LogP contribution >= 0.6 is 11.6 Å². The Bertz CT molecular complexity index is 272. The summed E-state index contributed by atoms with van der Waals surface area (Å²) in [5.74, 6) is 0.563. The summed E-state index contributed by atoms with van der Waals surface area (Å²) in [5.41, 5.74) is 1.32. The van der Waals surface area contributed by atoms with Crippen LogP contribution in [-0.4, -0.2) is 18.5 Å². The molecule has 2 heteroatoms. The molecule has 0 heterocycles. The Morgan fingerprint density at radius 3 is 2.56 bits per heavy atom. The maximum atomic E-state index is 5.56. The predicted molar refractivity (Wildman–Crippen MR) is 73.0 cm³/mol. The highest BCUT2D eigenvalue weighted by molar-refractivity contribution is 6.18. The van der Waals surface area contributed by atoms with Gasteiger partial charge in [0, 0.05) is 11.4 Å². The summed E-state index contributed by atoms with van der Waals surface area (Å²) in [7, 11) is 2.04. The van der Waals surface area contributed by atoms with E-state index in [2.05, 4.69) is 18.0 Å². The summed E-state index contributed by atoms with van der Waals surface area (Å²) < 4.78 is 0. The van der Waals surface area contributed by atoms with Gasteiger partial charge in [0.15, 0.2) is 0 Å². The summed E-state index contributed by atoms with van der Waals surface area (Å²) in [6.07, 6.45) is 14.4. The molecule has 0 aliphatic heterocycles. The van der Waals surface area contributed by atoms with Gasteiger partial charge in [-0.2, -0.15) is 0 Å². The minimum atomic E-state index is 0.129. The number of halogens is 1. The number of rotatable bonds is 5. The minimum Gasteiger partial charge on any atom is -0.310 e. The SMILES string of the molecule is C=C(/C=C\C=C/CCl)C1(NC)CCCCC1. The molecule has 1 saturated carbocycles. The molecule has 0 atom stereocenters. The number of likely N-dealkylation sites (N-methyl/N-ethyl adjacent to an activating group) is 1. The van der Waals surface area contributed by atoms with Crippen LogP contribution in [0, 0.1) is 0 Å². The Hall–Kier alpha value is -0.530. The maximum absolute atomic E-state index is 5.56. The lowest BCUT2D eigenvalue weighted by atomic mass is 9.76. The molecule has 0 unspecified atom stereocenters. The Balaban J connectivity index is 2.61. The zero-order valence-electron chi connectivity index (χ0n) is 10.1. The number of nitrogens with one attached hydrogen (secondary N) is 1. The van der Waals surface area contributed by atoms with Crippen molar-refractivity contribution in [1.82, 2.24) is 5.32 Å². The summed E-state index contributed by atoms with van der Waals surface area (Å²) in [6.45, 7) is 4.20. The molecule has 0 spiro atoms. The first kappa shape index (κ1) is 13.5. The van der Waals surface area contributed by atoms with Crippen LogP contribution in [0.5, 0.6) is 0 Å². The van der Waals surface area contributed by atoms with E-state index in [0.29, 0.717) is 5.88 Å². The Kier molecular flexibility index (Phi) is 5.86. The Labute approximate surface area is 104 Å². The van der Waals surface area contributed by atoms with Crippen LogP contribution in [0.25, 0.3) is 0 Å². The van der Waals surface area contributed by atoms with Crippen molar-refractivity contribution in [3.8, 4) is 0 Å². The molecule has 16 heavy (non-hydrogen) atoms. The van der Waals surface area contributed by atoms with Crippen LogP contribution < -0.4 is 5.32 Å². The lowest BCUT2D eigenvalue weighted by Gasteiger charge is -2.38. The van der Waals surface area contributed by atoms with Gasteiger partial charge in [-0.05, 0) is 25.5 Å². The third-order valence-corrected chi connectivity index (χ3v) is 3.61. The molecule has 0 aromatic rings. The fourth-order valence-electron chi connectivity index (χ4n) is 2.35. The molecule has 0 saturated heterocycles. The quantitative estimate of drug-likeness (QED) is 0.568. The van der Waals surface area contributed by atoms with Crippen LogP contribution in [-0.2, 0) is 0 Å². The van der Waals surface area contributed by atoms with Gasteiger partial charge in [-0.1, -0.05) is 50.1 Å². The third-order valence-electron chi connectivity index (χ3n) is 3.43. The molecule has 0 aromatic carbocycles. The second-order valence-electron chi connectivity index (χ2n) is 4.36. The van der Waals surface area contributed by atoms with Crippen molar-refractivity contribution < 1.29 is 0 Å². The van der Waals surface area contributed by atoms with E-state index >= 15 is 0 Å². The van der Waals surface area contributed by atoms with Crippen LogP contribution in [0.4, 0.5) is 0 Å². The van der Waals surface area contributed by atoms with E-state index in [4.69, 9.17) is 11.6 Å². The van der Waals surface area contributed by atoms with E-state index in [-0.39, 0.29) is 5.54 Å². The lowest BCUT2D eigenvalue weighted by Crippen LogP contribution is -2.45. The molecule has 1 aliphatic rings. The normalized spacial score (nSPS) is 20.6. The number of hydrogen-bond acceptors (Lipinski definition) is 1. The number of alkyl halides is 1. The van der Waals surface area contributed by atoms with Crippen molar-refractivity contribution in [1.29, 1.82) is 0 Å². The summed E-state index contributed by atoms with van der Waals surface area (Å²) in [6, 6.07) is 0. The Morgan fingerprint density at radius 1 is 1.31 bits per heavy atom. The van der Waals surface area contributed by atoms with Crippen LogP contribution in [0.1, 0.15) is 32.1 Å². The van der Waals surface area contributed by atoms with Crippen LogP contribution in [0.3, 0.4) is 0 Å². The second-order valence-corrected chi connectivity index (χ2v) is 4.67. The van der Waals surface area contributed by atoms with Crippen LogP contribution in [0.15, 0.2) is 36.5 Å². The standard InChI is InChI=1S/C14H22ClN/c1-13(9-5-3-8-12-15)14(16-2)10-6-4-7-11-14/h3,5,8-9,16H,1,4,6-7,10-12H2,2H3/b8-3-,9-5-. The lowest BCUT2D eigenvalue weighted by molar-refractivity contribution is 0.297. The average molecular weight is 240 g/mol. The van der Waals surface area contributed by atoms with E-state index in [1.807, 2.05) is 25.3 Å². The number of allylic oxidation sites excluding steroid dienone is 3. The fraction of sp³-hybridized carbons (Fsp3) is 0.571. The van der Waals surface area contributed by atoms with Crippen LogP contribution in [0.2, 0.25) is 0 Å². The molecular formula is C14H22ClN. The monoisotopic (exact) mass is 239 g/mol. The van der Waals surface area contributed by atoms with Crippen molar-refractivity contribution in [3.63, 3.8) is 0 Å². The molecule has 1 rings (SSSR count). The van der Waals surface area contributed by atoms with Crippen molar-refractivity contribution in [2.24, 2.45) is 0 Å². The van der Waals surface area contributed by atoms with Gasteiger partial charge in [0.25, 0.3) is 0 Å². The Morgan fingerprint density at radius 2 is 2.00 bits per heavy atom. The zero-order valence-corrected chi connectivity index (χ0v) is 10.9. The molecule has 1 aliphatic carbocycles. The zero-order chi connectivity index (χ0) is 11.9. The molecule has 0 amide bonds. The predicted octanol–water partition coefficient (Wildman–Crippen LogP) is 3.82. The van der Waals surface area contributed by atoms with Crippen molar-refractivity contribution >= 4 is 11.6 Å². The van der Waals surface area contributed by atoms with Crippen molar-refractivity contribution in [2.45, 2.75) is 37.6 Å². The minimum absolute atomic E-state index is 0.129. The van der Waals surface area contributed by atoms with Gasteiger partial charge in [0.05, 0.1) is 0 Å². The van der Waals surface area contributed by atoms with Gasteiger partial charge >= 0.3 is 0 Å². The second kappa shape index (κ2) is 6.93. The molecule has 0 radical (unpaired) electrons. The summed E-state index contributed by atoms with van der Waals surface area (Å²) in [5, 5.41) is 3.46. The molecular weight excluding hydrogens is 218 g/mol. The maximum Gasteiger partial charge on any atom is 0.0426 e. The van der Waals surface area contributed by atoms with E-state index in [1.165, 1.54) is 37.7 Å². The van der Waals surface area contributed by atoms with Gasteiger partial charge in [0.2, 0.25) is 0 Å². The van der Waals surface area contributed by atoms with E-state index in [0.717, 1.165) is 0 Å². The largest absolute Gasteiger partial charge is 0.310 e. The molecule has 0 bridgehead atoms. The van der Waals surface area contributed by atoms with Gasteiger partial charge in [-0.25, -0.2) is 0 Å². The highest BCUT2D eigenvalue weighted by atomic mass is 35.5. The third kappa shape index (κ3) is 3.50. The van der Waals surface area contributed by atoms with E-state index in [1.54, 1.807) is 0 Å². The van der Waals surface area contributed by atoms with Crippen molar-refractivity contribution in [2.75, 3.05) is 12.9 Å². The molecule has 1 N–H and O–H groups in total. The highest BCUT2D eigenvalue weighted by Crippen LogP contribution is 2.33. The van der Waals surface area contributed by atoms with E-state index in [9.17, 15) is 0 Å². The summed E-state index contributed by atoms with van der Waals surface area (Å²) >= 11 is 5.56. The van der Waals surface area contributed by atoms with Gasteiger partial charge in [0.1, 0.15) is 0 Å². The molecule has 90 valence electrons. The molecule has 1 nitrogen and oxygen atoms in total. The average Bonchev–Trinajstić information content (AvgIpc) is 2.35. The number of hydrogen-bond donors (Lipinski definition) is 1.